The fraction of sp³-hybridized carbons (Fsp3) is 0.118. The van der Waals surface area contributed by atoms with Crippen molar-refractivity contribution >= 4 is 28.7 Å². The standard InChI is InChI=1S/C17H15FN4OS/c1-11-10-24-15(21-11)9-20-17(23)14-6-3-7-19-16(14)22-13-5-2-4-12(18)8-13/h2-8,10H,9H2,1H3,(H,19,22)(H,20,23). The topological polar surface area (TPSA) is 66.9 Å². The van der Waals surface area contributed by atoms with Crippen molar-refractivity contribution in [3.05, 3.63) is 70.1 Å². The number of hydrogen-bond acceptors (Lipinski definition) is 5. The number of halogens is 1. The van der Waals surface area contributed by atoms with Crippen LogP contribution in [0.4, 0.5) is 15.9 Å². The summed E-state index contributed by atoms with van der Waals surface area (Å²) in [5.41, 5.74) is 1.84. The Hall–Kier alpha value is -2.80. The van der Waals surface area contributed by atoms with E-state index in [1.54, 1.807) is 30.5 Å². The second kappa shape index (κ2) is 7.18. The highest BCUT2D eigenvalue weighted by molar-refractivity contribution is 7.09. The summed E-state index contributed by atoms with van der Waals surface area (Å²) in [5.74, 6) is -0.258. The van der Waals surface area contributed by atoms with Gasteiger partial charge in [0, 0.05) is 23.0 Å². The van der Waals surface area contributed by atoms with Gasteiger partial charge in [0.1, 0.15) is 16.6 Å². The Morgan fingerprint density at radius 1 is 1.29 bits per heavy atom. The van der Waals surface area contributed by atoms with Crippen LogP contribution in [0.15, 0.2) is 48.0 Å². The highest BCUT2D eigenvalue weighted by atomic mass is 32.1. The lowest BCUT2D eigenvalue weighted by molar-refractivity contribution is 0.0951. The smallest absolute Gasteiger partial charge is 0.255 e. The minimum absolute atomic E-state index is 0.269. The van der Waals surface area contributed by atoms with Gasteiger partial charge in [-0.15, -0.1) is 11.3 Å². The molecule has 1 aromatic carbocycles. The Labute approximate surface area is 142 Å². The molecule has 2 N–H and O–H groups in total. The predicted molar refractivity (Wildman–Crippen MR) is 91.9 cm³/mol. The molecule has 3 aromatic rings. The van der Waals surface area contributed by atoms with E-state index in [1.165, 1.54) is 23.5 Å². The monoisotopic (exact) mass is 342 g/mol. The van der Waals surface area contributed by atoms with Crippen LogP contribution in [0.25, 0.3) is 0 Å². The van der Waals surface area contributed by atoms with E-state index >= 15 is 0 Å². The molecule has 0 saturated carbocycles. The van der Waals surface area contributed by atoms with Crippen molar-refractivity contribution in [3.63, 3.8) is 0 Å². The van der Waals surface area contributed by atoms with Gasteiger partial charge in [-0.25, -0.2) is 14.4 Å². The number of benzene rings is 1. The summed E-state index contributed by atoms with van der Waals surface area (Å²) in [6.45, 7) is 2.26. The van der Waals surface area contributed by atoms with Gasteiger partial charge in [0.25, 0.3) is 5.91 Å². The van der Waals surface area contributed by atoms with Gasteiger partial charge in [-0.3, -0.25) is 4.79 Å². The number of thiazole rings is 1. The maximum Gasteiger partial charge on any atom is 0.255 e. The Morgan fingerprint density at radius 2 is 2.17 bits per heavy atom. The van der Waals surface area contributed by atoms with E-state index in [4.69, 9.17) is 0 Å². The first-order chi connectivity index (χ1) is 11.6. The molecule has 0 saturated heterocycles. The Bertz CT molecular complexity index is 865. The van der Waals surface area contributed by atoms with Crippen LogP contribution in [0.3, 0.4) is 0 Å². The van der Waals surface area contributed by atoms with Crippen molar-refractivity contribution in [2.24, 2.45) is 0 Å². The summed E-state index contributed by atoms with van der Waals surface area (Å²) in [6.07, 6.45) is 1.57. The minimum atomic E-state index is -0.360. The number of rotatable bonds is 5. The molecule has 122 valence electrons. The van der Waals surface area contributed by atoms with Crippen molar-refractivity contribution in [1.29, 1.82) is 0 Å². The van der Waals surface area contributed by atoms with Crippen LogP contribution < -0.4 is 10.6 Å². The first-order valence-corrected chi connectivity index (χ1v) is 8.16. The van der Waals surface area contributed by atoms with Crippen molar-refractivity contribution in [2.45, 2.75) is 13.5 Å². The summed E-state index contributed by atoms with van der Waals surface area (Å²) >= 11 is 1.50. The van der Waals surface area contributed by atoms with E-state index in [-0.39, 0.29) is 11.7 Å². The number of amides is 1. The zero-order valence-electron chi connectivity index (χ0n) is 12.9. The normalized spacial score (nSPS) is 10.4. The third-order valence-electron chi connectivity index (χ3n) is 3.21. The fourth-order valence-electron chi connectivity index (χ4n) is 2.13. The largest absolute Gasteiger partial charge is 0.345 e. The van der Waals surface area contributed by atoms with E-state index in [1.807, 2.05) is 12.3 Å². The average molecular weight is 342 g/mol. The summed E-state index contributed by atoms with van der Waals surface area (Å²) in [4.78, 5) is 20.9. The summed E-state index contributed by atoms with van der Waals surface area (Å²) in [5, 5.41) is 8.56. The molecule has 2 heterocycles. The van der Waals surface area contributed by atoms with Crippen LogP contribution in [-0.4, -0.2) is 15.9 Å². The van der Waals surface area contributed by atoms with E-state index in [0.717, 1.165) is 10.7 Å². The van der Waals surface area contributed by atoms with Crippen molar-refractivity contribution in [3.8, 4) is 0 Å². The third-order valence-corrected chi connectivity index (χ3v) is 4.17. The molecule has 24 heavy (non-hydrogen) atoms. The maximum atomic E-state index is 13.3. The van der Waals surface area contributed by atoms with Crippen molar-refractivity contribution in [2.75, 3.05) is 5.32 Å². The Morgan fingerprint density at radius 3 is 2.92 bits per heavy atom. The molecule has 0 bridgehead atoms. The predicted octanol–water partition coefficient (Wildman–Crippen LogP) is 3.66. The first kappa shape index (κ1) is 16.1. The van der Waals surface area contributed by atoms with Gasteiger partial charge in [0.05, 0.1) is 12.1 Å². The number of pyridine rings is 1. The van der Waals surface area contributed by atoms with Crippen LogP contribution in [0.2, 0.25) is 0 Å². The highest BCUT2D eigenvalue weighted by Crippen LogP contribution is 2.19. The molecule has 7 heteroatoms. The summed E-state index contributed by atoms with van der Waals surface area (Å²) in [7, 11) is 0. The molecule has 0 aliphatic rings. The lowest BCUT2D eigenvalue weighted by Crippen LogP contribution is -2.24. The first-order valence-electron chi connectivity index (χ1n) is 7.28. The quantitative estimate of drug-likeness (QED) is 0.742. The number of nitrogens with one attached hydrogen (secondary N) is 2. The third kappa shape index (κ3) is 3.94. The summed E-state index contributed by atoms with van der Waals surface area (Å²) < 4.78 is 13.3. The second-order valence-electron chi connectivity index (χ2n) is 5.10. The second-order valence-corrected chi connectivity index (χ2v) is 6.04. The van der Waals surface area contributed by atoms with Gasteiger partial charge in [-0.2, -0.15) is 0 Å². The molecule has 0 fully saturated rings. The minimum Gasteiger partial charge on any atom is -0.345 e. The van der Waals surface area contributed by atoms with Gasteiger partial charge in [0.15, 0.2) is 0 Å². The van der Waals surface area contributed by atoms with E-state index < -0.39 is 0 Å². The van der Waals surface area contributed by atoms with Gasteiger partial charge < -0.3 is 10.6 Å². The number of hydrogen-bond donors (Lipinski definition) is 2. The summed E-state index contributed by atoms with van der Waals surface area (Å²) in [6, 6.07) is 9.33. The molecule has 2 aromatic heterocycles. The molecule has 0 spiro atoms. The number of carbonyl (C=O) groups is 1. The Kier molecular flexibility index (Phi) is 4.81. The lowest BCUT2D eigenvalue weighted by Gasteiger charge is -2.10. The van der Waals surface area contributed by atoms with Crippen LogP contribution in [0.5, 0.6) is 0 Å². The maximum absolute atomic E-state index is 13.3. The van der Waals surface area contributed by atoms with Crippen LogP contribution in [0, 0.1) is 12.7 Å². The number of aryl methyl sites for hydroxylation is 1. The van der Waals surface area contributed by atoms with E-state index in [2.05, 4.69) is 20.6 Å². The molecule has 0 atom stereocenters. The molecule has 3 rings (SSSR count). The van der Waals surface area contributed by atoms with Crippen LogP contribution >= 0.6 is 11.3 Å². The molecule has 5 nitrogen and oxygen atoms in total. The zero-order chi connectivity index (χ0) is 16.9. The molecular weight excluding hydrogens is 327 g/mol. The fourth-order valence-corrected chi connectivity index (χ4v) is 2.84. The lowest BCUT2D eigenvalue weighted by atomic mass is 10.2. The number of carbonyl (C=O) groups excluding carboxylic acids is 1. The average Bonchev–Trinajstić information content (AvgIpc) is 2.99. The van der Waals surface area contributed by atoms with Crippen LogP contribution in [-0.2, 0) is 6.54 Å². The molecule has 0 aliphatic heterocycles. The Balaban J connectivity index is 1.74. The van der Waals surface area contributed by atoms with Crippen molar-refractivity contribution in [1.82, 2.24) is 15.3 Å². The molecular formula is C17H15FN4OS. The zero-order valence-corrected chi connectivity index (χ0v) is 13.7. The van der Waals surface area contributed by atoms with Crippen LogP contribution in [0.1, 0.15) is 21.1 Å². The molecule has 0 unspecified atom stereocenters. The van der Waals surface area contributed by atoms with Gasteiger partial charge in [-0.1, -0.05) is 6.07 Å². The molecule has 0 aliphatic carbocycles. The van der Waals surface area contributed by atoms with Crippen molar-refractivity contribution < 1.29 is 9.18 Å². The van der Waals surface area contributed by atoms with E-state index in [9.17, 15) is 9.18 Å². The number of aromatic nitrogens is 2. The molecule has 0 radical (unpaired) electrons. The highest BCUT2D eigenvalue weighted by Gasteiger charge is 2.13. The van der Waals surface area contributed by atoms with Gasteiger partial charge >= 0.3 is 0 Å². The molecule has 1 amide bonds. The number of nitrogens with zero attached hydrogens (tertiary/aromatic N) is 2. The van der Waals surface area contributed by atoms with Gasteiger partial charge in [0.2, 0.25) is 0 Å². The van der Waals surface area contributed by atoms with E-state index in [0.29, 0.717) is 23.6 Å². The SMILES string of the molecule is Cc1csc(CNC(=O)c2cccnc2Nc2cccc(F)c2)n1. The van der Waals surface area contributed by atoms with Gasteiger partial charge in [-0.05, 0) is 37.3 Å². The number of anilines is 2.